The average Bonchev–Trinajstić information content (AvgIpc) is 1.38. The Morgan fingerprint density at radius 1 is 1.62 bits per heavy atom. The third-order valence-electron chi connectivity index (χ3n) is 0.175. The Bertz CT molecular complexity index is 70.8. The van der Waals surface area contributed by atoms with Crippen molar-refractivity contribution >= 4 is 5.97 Å². The normalized spacial score (nSPS) is 4.00. The van der Waals surface area contributed by atoms with Crippen LogP contribution in [0.1, 0.15) is 1.43 Å². The molecular weight excluding hydrogens is 135 g/mol. The summed E-state index contributed by atoms with van der Waals surface area (Å²) in [5.74, 6) is -0.981. The van der Waals surface area contributed by atoms with Crippen molar-refractivity contribution in [2.24, 2.45) is 0 Å². The van der Waals surface area contributed by atoms with Gasteiger partial charge < -0.3 is 18.8 Å². The van der Waals surface area contributed by atoms with Crippen LogP contribution in [-0.2, 0) is 4.79 Å². The van der Waals surface area contributed by atoms with Gasteiger partial charge in [-0.1, -0.05) is 6.58 Å². The summed E-state index contributed by atoms with van der Waals surface area (Å²) in [5.41, 5.74) is 0. The predicted octanol–water partition coefficient (Wildman–Crippen LogP) is -2.30. The quantitative estimate of drug-likeness (QED) is 0.285. The second kappa shape index (κ2) is 15.7. The van der Waals surface area contributed by atoms with Gasteiger partial charge in [-0.15, -0.1) is 0 Å². The van der Waals surface area contributed by atoms with Gasteiger partial charge in [0.25, 0.3) is 0 Å². The molecule has 0 aromatic rings. The molecule has 0 saturated carbocycles. The molecule has 0 unspecified atom stereocenters. The molecule has 0 aromatic heterocycles. The number of carboxylic acid groups (broad SMARTS) is 1. The van der Waals surface area contributed by atoms with Crippen molar-refractivity contribution in [3.63, 3.8) is 0 Å². The van der Waals surface area contributed by atoms with E-state index in [1.807, 2.05) is 0 Å². The first-order valence-electron chi connectivity index (χ1n) is 1.12. The summed E-state index contributed by atoms with van der Waals surface area (Å²) in [6.45, 7) is 2.96. The monoisotopic (exact) mass is 146 g/mol. The van der Waals surface area contributed by atoms with Gasteiger partial charge in [0.05, 0.1) is 0 Å². The van der Waals surface area contributed by atoms with Crippen LogP contribution < -0.4 is 63.7 Å². The van der Waals surface area contributed by atoms with Crippen molar-refractivity contribution in [3.05, 3.63) is 12.7 Å². The van der Waals surface area contributed by atoms with Crippen LogP contribution in [0.3, 0.4) is 0 Å². The van der Waals surface area contributed by atoms with E-state index in [1.165, 1.54) is 0 Å². The van der Waals surface area contributed by atoms with Gasteiger partial charge in [0.1, 0.15) is 0 Å². The molecule has 0 aliphatic carbocycles. The molecule has 7 N–H and O–H groups in total. The zero-order valence-corrected chi connectivity index (χ0v) is 8.18. The fourth-order valence-corrected chi connectivity index (χ4v) is 0. The van der Waals surface area contributed by atoms with Crippen molar-refractivity contribution in [3.8, 4) is 0 Å². The Morgan fingerprint density at radius 2 is 1.75 bits per heavy atom. The van der Waals surface area contributed by atoms with E-state index in [0.717, 1.165) is 6.08 Å². The maximum Gasteiger partial charge on any atom is 1.00 e. The summed E-state index contributed by atoms with van der Waals surface area (Å²) >= 11 is 0. The Labute approximate surface area is 92.4 Å². The Balaban J connectivity index is -0.0000000133. The number of carbonyl (C=O) groups is 1. The van der Waals surface area contributed by atoms with E-state index < -0.39 is 5.97 Å². The van der Waals surface area contributed by atoms with Crippen LogP contribution in [0.5, 0.6) is 0 Å². The summed E-state index contributed by atoms with van der Waals surface area (Å²) in [7, 11) is 0. The number of hydrogen-bond donors (Lipinski definition) is 3. The topological polar surface area (TPSA) is 107 Å². The minimum Gasteiger partial charge on any atom is -1.00 e. The van der Waals surface area contributed by atoms with E-state index in [0.29, 0.717) is 0 Å². The number of carboxylic acids is 1. The van der Waals surface area contributed by atoms with Gasteiger partial charge in [0, 0.05) is 6.08 Å². The van der Waals surface area contributed by atoms with Gasteiger partial charge in [-0.05, 0) is 0 Å². The third kappa shape index (κ3) is 29.4. The average molecular weight is 146 g/mol. The van der Waals surface area contributed by atoms with E-state index in [2.05, 4.69) is 6.58 Å². The van der Waals surface area contributed by atoms with Crippen molar-refractivity contribution in [2.45, 2.75) is 0 Å². The predicted molar refractivity (Wildman–Crippen MR) is 29.0 cm³/mol. The third-order valence-corrected chi connectivity index (χ3v) is 0.175. The first-order chi connectivity index (χ1) is 2.27. The van der Waals surface area contributed by atoms with E-state index in [9.17, 15) is 4.79 Å². The molecule has 0 atom stereocenters. The van der Waals surface area contributed by atoms with E-state index in [4.69, 9.17) is 5.11 Å². The van der Waals surface area contributed by atoms with Crippen LogP contribution in [0.4, 0.5) is 0 Å². The second-order valence-corrected chi connectivity index (χ2v) is 0.542. The largest absolute Gasteiger partial charge is 1.00 e. The minimum atomic E-state index is -0.981. The molecule has 0 bridgehead atoms. The molecule has 0 saturated heterocycles. The molecule has 0 aliphatic rings. The molecular formula is C3H11KN2O2. The van der Waals surface area contributed by atoms with Crippen molar-refractivity contribution < 1.29 is 62.7 Å². The molecule has 0 heterocycles. The number of rotatable bonds is 1. The smallest absolute Gasteiger partial charge is 1.00 e. The van der Waals surface area contributed by atoms with Crippen molar-refractivity contribution in [1.29, 1.82) is 0 Å². The van der Waals surface area contributed by atoms with Crippen LogP contribution in [-0.4, -0.2) is 11.1 Å². The second-order valence-electron chi connectivity index (χ2n) is 0.542. The molecule has 0 rings (SSSR count). The van der Waals surface area contributed by atoms with E-state index in [-0.39, 0.29) is 65.1 Å². The zero-order valence-electron chi connectivity index (χ0n) is 6.05. The van der Waals surface area contributed by atoms with Gasteiger partial charge in [-0.25, -0.2) is 4.79 Å². The molecule has 8 heavy (non-hydrogen) atoms. The van der Waals surface area contributed by atoms with Gasteiger partial charge in [0.15, 0.2) is 0 Å². The van der Waals surface area contributed by atoms with E-state index >= 15 is 0 Å². The standard InChI is InChI=1S/C3H4O2.K.2H3N.H/c1-2-3(4)5;;;;/h2H,1H2,(H,4,5);;2*1H3;/q;+1;;;-1. The van der Waals surface area contributed by atoms with Crippen LogP contribution >= 0.6 is 0 Å². The Hall–Kier alpha value is 0.766. The van der Waals surface area contributed by atoms with Crippen LogP contribution in [0.15, 0.2) is 12.7 Å². The van der Waals surface area contributed by atoms with Gasteiger partial charge in [0.2, 0.25) is 0 Å². The molecule has 4 nitrogen and oxygen atoms in total. The first kappa shape index (κ1) is 23.3. The SMILES string of the molecule is C=CC(=O)O.N.N.[H-].[K+]. The molecule has 0 spiro atoms. The molecule has 0 fully saturated rings. The fraction of sp³-hybridized carbons (Fsp3) is 0. The summed E-state index contributed by atoms with van der Waals surface area (Å²) in [5, 5.41) is 7.60. The number of aliphatic carboxylic acids is 1. The van der Waals surface area contributed by atoms with E-state index in [1.54, 1.807) is 0 Å². The molecule has 0 amide bonds. The summed E-state index contributed by atoms with van der Waals surface area (Å²) < 4.78 is 0. The summed E-state index contributed by atoms with van der Waals surface area (Å²) in [6.07, 6.45) is 0.833. The fourth-order valence-electron chi connectivity index (χ4n) is 0. The summed E-state index contributed by atoms with van der Waals surface area (Å²) in [6, 6.07) is 0. The van der Waals surface area contributed by atoms with Crippen LogP contribution in [0.2, 0.25) is 0 Å². The molecule has 0 radical (unpaired) electrons. The van der Waals surface area contributed by atoms with Crippen LogP contribution in [0, 0.1) is 0 Å². The van der Waals surface area contributed by atoms with Crippen molar-refractivity contribution in [2.75, 3.05) is 0 Å². The van der Waals surface area contributed by atoms with Gasteiger partial charge >= 0.3 is 57.4 Å². The molecule has 0 aromatic carbocycles. The number of hydrogen-bond acceptors (Lipinski definition) is 3. The Morgan fingerprint density at radius 3 is 1.75 bits per heavy atom. The van der Waals surface area contributed by atoms with Crippen molar-refractivity contribution in [1.82, 2.24) is 12.3 Å². The maximum atomic E-state index is 9.25. The minimum absolute atomic E-state index is 0. The van der Waals surface area contributed by atoms with Crippen LogP contribution in [0.25, 0.3) is 0 Å². The first-order valence-corrected chi connectivity index (χ1v) is 1.12. The van der Waals surface area contributed by atoms with Gasteiger partial charge in [-0.2, -0.15) is 0 Å². The van der Waals surface area contributed by atoms with Gasteiger partial charge in [-0.3, -0.25) is 0 Å². The Kier molecular flexibility index (Phi) is 45.5. The zero-order chi connectivity index (χ0) is 4.28. The molecule has 46 valence electrons. The molecule has 0 aliphatic heterocycles. The summed E-state index contributed by atoms with van der Waals surface area (Å²) in [4.78, 5) is 9.25. The molecule has 5 heteroatoms. The maximum absolute atomic E-state index is 9.25.